The minimum Gasteiger partial charge on any atom is -0.308 e. The van der Waals surface area contributed by atoms with Gasteiger partial charge in [-0.05, 0) is 37.4 Å². The number of thiazole rings is 1. The molecule has 0 aliphatic carbocycles. The number of hydrogen-bond donors (Lipinski definition) is 1. The highest BCUT2D eigenvalue weighted by Crippen LogP contribution is 2.32. The second-order valence-corrected chi connectivity index (χ2v) is 5.73. The Balaban J connectivity index is 2.00. The van der Waals surface area contributed by atoms with Crippen molar-refractivity contribution in [3.63, 3.8) is 0 Å². The first-order valence-corrected chi connectivity index (χ1v) is 7.32. The van der Waals surface area contributed by atoms with Crippen molar-refractivity contribution in [2.24, 2.45) is 0 Å². The summed E-state index contributed by atoms with van der Waals surface area (Å²) in [5.74, 6) is 0. The van der Waals surface area contributed by atoms with Crippen LogP contribution in [0, 0.1) is 0 Å². The second kappa shape index (κ2) is 4.75. The van der Waals surface area contributed by atoms with Crippen LogP contribution >= 0.6 is 11.3 Å². The van der Waals surface area contributed by atoms with E-state index in [9.17, 15) is 0 Å². The molecule has 0 saturated carbocycles. The van der Waals surface area contributed by atoms with Gasteiger partial charge in [-0.25, -0.2) is 4.98 Å². The summed E-state index contributed by atoms with van der Waals surface area (Å²) in [6.45, 7) is 3.34. The van der Waals surface area contributed by atoms with E-state index >= 15 is 0 Å². The maximum atomic E-state index is 4.86. The summed E-state index contributed by atoms with van der Waals surface area (Å²) in [6.07, 6.45) is 4.94. The van der Waals surface area contributed by atoms with Gasteiger partial charge in [0, 0.05) is 0 Å². The average Bonchev–Trinajstić information content (AvgIpc) is 2.83. The number of nitrogens with zero attached hydrogens (tertiary/aromatic N) is 1. The smallest absolute Gasteiger partial charge is 0.111 e. The van der Waals surface area contributed by atoms with Gasteiger partial charge < -0.3 is 5.32 Å². The zero-order valence-corrected chi connectivity index (χ0v) is 11.0. The minimum absolute atomic E-state index is 0.492. The molecule has 3 rings (SSSR count). The highest BCUT2D eigenvalue weighted by atomic mass is 32.1. The molecule has 0 spiro atoms. The molecule has 0 radical (unpaired) electrons. The van der Waals surface area contributed by atoms with E-state index in [1.807, 2.05) is 11.3 Å². The zero-order chi connectivity index (χ0) is 11.7. The lowest BCUT2D eigenvalue weighted by atomic mass is 10.1. The molecule has 2 aromatic rings. The maximum absolute atomic E-state index is 4.86. The van der Waals surface area contributed by atoms with Crippen molar-refractivity contribution in [2.75, 3.05) is 6.54 Å². The summed E-state index contributed by atoms with van der Waals surface area (Å²) in [4.78, 5) is 4.86. The van der Waals surface area contributed by atoms with Crippen molar-refractivity contribution < 1.29 is 0 Å². The van der Waals surface area contributed by atoms with Gasteiger partial charge in [0.15, 0.2) is 0 Å². The molecular weight excluding hydrogens is 228 g/mol. The Morgan fingerprint density at radius 1 is 1.41 bits per heavy atom. The molecule has 1 saturated heterocycles. The Kier molecular flexibility index (Phi) is 3.12. The molecule has 1 aliphatic heterocycles. The number of aromatic nitrogens is 1. The van der Waals surface area contributed by atoms with Crippen LogP contribution in [0.4, 0.5) is 0 Å². The van der Waals surface area contributed by atoms with Gasteiger partial charge in [0.2, 0.25) is 0 Å². The number of aryl methyl sites for hydroxylation is 1. The molecule has 17 heavy (non-hydrogen) atoms. The molecule has 1 unspecified atom stereocenters. The second-order valence-electron chi connectivity index (χ2n) is 4.67. The SMILES string of the molecule is CCc1cccc2sc(C3CCCCN3)nc12. The third-order valence-corrected chi connectivity index (χ3v) is 4.64. The number of para-hydroxylation sites is 1. The molecule has 90 valence electrons. The number of hydrogen-bond acceptors (Lipinski definition) is 3. The third kappa shape index (κ3) is 2.09. The molecule has 1 aromatic carbocycles. The largest absolute Gasteiger partial charge is 0.308 e. The Labute approximate surface area is 106 Å². The first-order chi connectivity index (χ1) is 8.38. The van der Waals surface area contributed by atoms with Crippen LogP contribution in [-0.4, -0.2) is 11.5 Å². The van der Waals surface area contributed by atoms with Gasteiger partial charge >= 0.3 is 0 Å². The first-order valence-electron chi connectivity index (χ1n) is 6.50. The van der Waals surface area contributed by atoms with Crippen molar-refractivity contribution in [3.05, 3.63) is 28.8 Å². The van der Waals surface area contributed by atoms with Crippen LogP contribution in [0.15, 0.2) is 18.2 Å². The highest BCUT2D eigenvalue weighted by molar-refractivity contribution is 7.18. The van der Waals surface area contributed by atoms with Crippen molar-refractivity contribution in [1.82, 2.24) is 10.3 Å². The Morgan fingerprint density at radius 2 is 2.35 bits per heavy atom. The number of rotatable bonds is 2. The van der Waals surface area contributed by atoms with Gasteiger partial charge in [-0.2, -0.15) is 0 Å². The van der Waals surface area contributed by atoms with E-state index < -0.39 is 0 Å². The van der Waals surface area contributed by atoms with Gasteiger partial charge in [-0.15, -0.1) is 11.3 Å². The Hall–Kier alpha value is -0.930. The van der Waals surface area contributed by atoms with Crippen LogP contribution in [0.1, 0.15) is 42.8 Å². The molecule has 0 bridgehead atoms. The van der Waals surface area contributed by atoms with Gasteiger partial charge in [-0.1, -0.05) is 25.5 Å². The van der Waals surface area contributed by atoms with Crippen LogP contribution in [-0.2, 0) is 6.42 Å². The van der Waals surface area contributed by atoms with E-state index in [0.717, 1.165) is 13.0 Å². The standard InChI is InChI=1S/C14H18N2S/c1-2-10-6-5-8-12-13(10)16-14(17-12)11-7-3-4-9-15-11/h5-6,8,11,15H,2-4,7,9H2,1H3. The van der Waals surface area contributed by atoms with E-state index in [1.54, 1.807) is 0 Å². The lowest BCUT2D eigenvalue weighted by Crippen LogP contribution is -2.26. The fourth-order valence-electron chi connectivity index (χ4n) is 2.52. The van der Waals surface area contributed by atoms with Gasteiger partial charge in [0.1, 0.15) is 5.01 Å². The van der Waals surface area contributed by atoms with Gasteiger partial charge in [0.05, 0.1) is 16.3 Å². The molecule has 1 fully saturated rings. The highest BCUT2D eigenvalue weighted by Gasteiger charge is 2.18. The Bertz CT molecular complexity index is 512. The van der Waals surface area contributed by atoms with Crippen LogP contribution in [0.5, 0.6) is 0 Å². The van der Waals surface area contributed by atoms with Crippen molar-refractivity contribution in [1.29, 1.82) is 0 Å². The molecule has 1 aromatic heterocycles. The number of fused-ring (bicyclic) bond motifs is 1. The fraction of sp³-hybridized carbons (Fsp3) is 0.500. The molecule has 0 amide bonds. The van der Waals surface area contributed by atoms with E-state index in [2.05, 4.69) is 30.4 Å². The maximum Gasteiger partial charge on any atom is 0.111 e. The summed E-state index contributed by atoms with van der Waals surface area (Å²) in [6, 6.07) is 7.03. The molecule has 1 aliphatic rings. The predicted octanol–water partition coefficient (Wildman–Crippen LogP) is 3.67. The summed E-state index contributed by atoms with van der Waals surface area (Å²) in [5, 5.41) is 4.86. The molecular formula is C14H18N2S. The fourth-order valence-corrected chi connectivity index (χ4v) is 3.65. The summed E-state index contributed by atoms with van der Waals surface area (Å²) in [5.41, 5.74) is 2.60. The third-order valence-electron chi connectivity index (χ3n) is 3.51. The van der Waals surface area contributed by atoms with Gasteiger partial charge in [-0.3, -0.25) is 0 Å². The van der Waals surface area contributed by atoms with Crippen LogP contribution in [0.25, 0.3) is 10.2 Å². The molecule has 3 heteroatoms. The van der Waals surface area contributed by atoms with Gasteiger partial charge in [0.25, 0.3) is 0 Å². The average molecular weight is 246 g/mol. The van der Waals surface area contributed by atoms with E-state index in [4.69, 9.17) is 4.98 Å². The van der Waals surface area contributed by atoms with Crippen LogP contribution in [0.2, 0.25) is 0 Å². The molecule has 2 heterocycles. The number of piperidine rings is 1. The first kappa shape index (κ1) is 11.2. The van der Waals surface area contributed by atoms with E-state index in [-0.39, 0.29) is 0 Å². The summed E-state index contributed by atoms with van der Waals surface area (Å²) in [7, 11) is 0. The molecule has 2 nitrogen and oxygen atoms in total. The van der Waals surface area contributed by atoms with E-state index in [1.165, 1.54) is 40.1 Å². The Morgan fingerprint density at radius 3 is 3.12 bits per heavy atom. The molecule has 1 N–H and O–H groups in total. The minimum atomic E-state index is 0.492. The lowest BCUT2D eigenvalue weighted by Gasteiger charge is -2.21. The number of nitrogens with one attached hydrogen (secondary N) is 1. The lowest BCUT2D eigenvalue weighted by molar-refractivity contribution is 0.411. The van der Waals surface area contributed by atoms with Crippen LogP contribution in [0.3, 0.4) is 0 Å². The summed E-state index contributed by atoms with van der Waals surface area (Å²) < 4.78 is 1.34. The normalized spacial score (nSPS) is 20.9. The summed E-state index contributed by atoms with van der Waals surface area (Å²) >= 11 is 1.86. The van der Waals surface area contributed by atoms with E-state index in [0.29, 0.717) is 6.04 Å². The number of benzene rings is 1. The van der Waals surface area contributed by atoms with Crippen LogP contribution < -0.4 is 5.32 Å². The molecule has 1 atom stereocenters. The van der Waals surface area contributed by atoms with Crippen molar-refractivity contribution in [2.45, 2.75) is 38.6 Å². The van der Waals surface area contributed by atoms with Crippen molar-refractivity contribution >= 4 is 21.6 Å². The quantitative estimate of drug-likeness (QED) is 0.874. The predicted molar refractivity (Wildman–Crippen MR) is 73.6 cm³/mol. The zero-order valence-electron chi connectivity index (χ0n) is 10.2. The van der Waals surface area contributed by atoms with Crippen molar-refractivity contribution in [3.8, 4) is 0 Å². The monoisotopic (exact) mass is 246 g/mol. The topological polar surface area (TPSA) is 24.9 Å².